The fraction of sp³-hybridized carbons (Fsp3) is 0.846. The van der Waals surface area contributed by atoms with Gasteiger partial charge in [0.25, 0.3) is 0 Å². The number of nitrogens with zero attached hydrogens (tertiary/aromatic N) is 3. The molecular formula is C13H24BrN3. The monoisotopic (exact) mass is 301 g/mol. The van der Waals surface area contributed by atoms with Gasteiger partial charge in [-0.3, -0.25) is 0 Å². The maximum Gasteiger partial charge on any atom is 0.143 e. The molecule has 0 atom stereocenters. The zero-order chi connectivity index (χ0) is 12.7. The highest BCUT2D eigenvalue weighted by atomic mass is 79.9. The number of unbranched alkanes of at least 4 members (excludes halogenated alkanes) is 3. The minimum absolute atomic E-state index is 0.637. The zero-order valence-corrected chi connectivity index (χ0v) is 12.8. The van der Waals surface area contributed by atoms with Crippen LogP contribution in [0.3, 0.4) is 0 Å². The molecule has 0 aromatic carbocycles. The molecule has 0 aliphatic heterocycles. The Morgan fingerprint density at radius 3 is 2.41 bits per heavy atom. The highest BCUT2D eigenvalue weighted by molar-refractivity contribution is 9.08. The second-order valence-corrected chi connectivity index (χ2v) is 5.54. The lowest BCUT2D eigenvalue weighted by Crippen LogP contribution is -2.11. The fourth-order valence-electron chi connectivity index (χ4n) is 1.94. The lowest BCUT2D eigenvalue weighted by Gasteiger charge is -2.11. The van der Waals surface area contributed by atoms with Gasteiger partial charge in [0.15, 0.2) is 0 Å². The Labute approximate surface area is 113 Å². The van der Waals surface area contributed by atoms with Gasteiger partial charge in [0.2, 0.25) is 0 Å². The highest BCUT2D eigenvalue weighted by Crippen LogP contribution is 2.13. The molecular weight excluding hydrogens is 278 g/mol. The van der Waals surface area contributed by atoms with Crippen molar-refractivity contribution in [1.82, 2.24) is 14.8 Å². The number of aromatic nitrogens is 3. The fourth-order valence-corrected chi connectivity index (χ4v) is 2.36. The Morgan fingerprint density at radius 1 is 1.12 bits per heavy atom. The van der Waals surface area contributed by atoms with E-state index >= 15 is 0 Å². The summed E-state index contributed by atoms with van der Waals surface area (Å²) >= 11 is 3.48. The van der Waals surface area contributed by atoms with Crippen LogP contribution in [-0.2, 0) is 18.3 Å². The van der Waals surface area contributed by atoms with E-state index in [1.165, 1.54) is 25.7 Å². The summed E-state index contributed by atoms with van der Waals surface area (Å²) in [6.07, 6.45) is 6.20. The lowest BCUT2D eigenvalue weighted by molar-refractivity contribution is 0.492. The Bertz CT molecular complexity index is 320. The van der Waals surface area contributed by atoms with Crippen molar-refractivity contribution >= 4 is 15.9 Å². The molecule has 3 nitrogen and oxygen atoms in total. The van der Waals surface area contributed by atoms with Crippen LogP contribution in [0.4, 0.5) is 0 Å². The Hall–Kier alpha value is -0.380. The van der Waals surface area contributed by atoms with Gasteiger partial charge in [0.05, 0.1) is 5.33 Å². The topological polar surface area (TPSA) is 30.7 Å². The van der Waals surface area contributed by atoms with Crippen LogP contribution in [0.5, 0.6) is 0 Å². The average molecular weight is 302 g/mol. The quantitative estimate of drug-likeness (QED) is 0.538. The van der Waals surface area contributed by atoms with E-state index in [4.69, 9.17) is 0 Å². The minimum Gasteiger partial charge on any atom is -0.314 e. The highest BCUT2D eigenvalue weighted by Gasteiger charge is 2.11. The third-order valence-electron chi connectivity index (χ3n) is 2.83. The van der Waals surface area contributed by atoms with Crippen molar-refractivity contribution in [3.63, 3.8) is 0 Å². The molecule has 0 amide bonds. The normalized spacial score (nSPS) is 11.4. The van der Waals surface area contributed by atoms with Crippen molar-refractivity contribution in [1.29, 1.82) is 0 Å². The molecule has 0 radical (unpaired) electrons. The van der Waals surface area contributed by atoms with Crippen molar-refractivity contribution in [3.8, 4) is 0 Å². The molecule has 0 fully saturated rings. The molecule has 0 bridgehead atoms. The summed E-state index contributed by atoms with van der Waals surface area (Å²) in [5.41, 5.74) is 0. The zero-order valence-electron chi connectivity index (χ0n) is 11.2. The number of rotatable bonds is 8. The van der Waals surface area contributed by atoms with Crippen molar-refractivity contribution < 1.29 is 0 Å². The van der Waals surface area contributed by atoms with Crippen molar-refractivity contribution in [3.05, 3.63) is 11.6 Å². The van der Waals surface area contributed by atoms with Gasteiger partial charge in [-0.2, -0.15) is 0 Å². The maximum atomic E-state index is 4.32. The molecule has 1 rings (SSSR count). The first-order chi connectivity index (χ1) is 8.19. The average Bonchev–Trinajstić information content (AvgIpc) is 2.66. The van der Waals surface area contributed by atoms with E-state index in [0.717, 1.165) is 29.9 Å². The largest absolute Gasteiger partial charge is 0.314 e. The molecule has 0 aliphatic rings. The van der Waals surface area contributed by atoms with Gasteiger partial charge in [0, 0.05) is 13.0 Å². The summed E-state index contributed by atoms with van der Waals surface area (Å²) in [6, 6.07) is 0. The first-order valence-electron chi connectivity index (χ1n) is 6.66. The molecule has 0 aliphatic carbocycles. The summed E-state index contributed by atoms with van der Waals surface area (Å²) in [5.74, 6) is 2.85. The SMILES string of the molecule is CCCCCCc1nnc(CBr)n1CC(C)C. The molecule has 0 spiro atoms. The van der Waals surface area contributed by atoms with Crippen LogP contribution in [0.2, 0.25) is 0 Å². The Balaban J connectivity index is 2.60. The Morgan fingerprint density at radius 2 is 1.82 bits per heavy atom. The van der Waals surface area contributed by atoms with E-state index in [2.05, 4.69) is 51.5 Å². The second kappa shape index (κ2) is 7.85. The van der Waals surface area contributed by atoms with Gasteiger partial charge < -0.3 is 4.57 Å². The molecule has 1 aromatic rings. The van der Waals surface area contributed by atoms with E-state index in [9.17, 15) is 0 Å². The standard InChI is InChI=1S/C13H24BrN3/c1-4-5-6-7-8-12-15-16-13(9-14)17(12)10-11(2)3/h11H,4-10H2,1-3H3. The van der Waals surface area contributed by atoms with Crippen LogP contribution in [-0.4, -0.2) is 14.8 Å². The van der Waals surface area contributed by atoms with Gasteiger partial charge in [-0.05, 0) is 12.3 Å². The van der Waals surface area contributed by atoms with E-state index < -0.39 is 0 Å². The van der Waals surface area contributed by atoms with Gasteiger partial charge >= 0.3 is 0 Å². The predicted octanol–water partition coefficient (Wildman–Crippen LogP) is 3.95. The van der Waals surface area contributed by atoms with Crippen LogP contribution in [0, 0.1) is 5.92 Å². The lowest BCUT2D eigenvalue weighted by atomic mass is 10.1. The van der Waals surface area contributed by atoms with E-state index in [1.807, 2.05) is 0 Å². The van der Waals surface area contributed by atoms with Crippen LogP contribution in [0.1, 0.15) is 58.1 Å². The first-order valence-corrected chi connectivity index (χ1v) is 7.78. The van der Waals surface area contributed by atoms with Crippen LogP contribution in [0.15, 0.2) is 0 Å². The van der Waals surface area contributed by atoms with E-state index in [1.54, 1.807) is 0 Å². The molecule has 1 aromatic heterocycles. The van der Waals surface area contributed by atoms with Crippen LogP contribution >= 0.6 is 15.9 Å². The summed E-state index contributed by atoms with van der Waals surface area (Å²) in [7, 11) is 0. The summed E-state index contributed by atoms with van der Waals surface area (Å²) in [6.45, 7) is 7.74. The summed E-state index contributed by atoms with van der Waals surface area (Å²) < 4.78 is 2.28. The number of alkyl halides is 1. The van der Waals surface area contributed by atoms with Crippen molar-refractivity contribution in [2.45, 2.75) is 64.8 Å². The second-order valence-electron chi connectivity index (χ2n) is 4.98. The predicted molar refractivity (Wildman–Crippen MR) is 75.3 cm³/mol. The van der Waals surface area contributed by atoms with E-state index in [-0.39, 0.29) is 0 Å². The molecule has 0 saturated carbocycles. The van der Waals surface area contributed by atoms with Gasteiger partial charge in [-0.1, -0.05) is 56.0 Å². The molecule has 17 heavy (non-hydrogen) atoms. The molecule has 0 saturated heterocycles. The molecule has 98 valence electrons. The van der Waals surface area contributed by atoms with Crippen molar-refractivity contribution in [2.24, 2.45) is 5.92 Å². The molecule has 1 heterocycles. The number of hydrogen-bond acceptors (Lipinski definition) is 2. The summed E-state index contributed by atoms with van der Waals surface area (Å²) in [4.78, 5) is 0. The molecule has 0 unspecified atom stereocenters. The maximum absolute atomic E-state index is 4.32. The smallest absolute Gasteiger partial charge is 0.143 e. The number of hydrogen-bond donors (Lipinski definition) is 0. The third kappa shape index (κ3) is 4.78. The summed E-state index contributed by atoms with van der Waals surface area (Å²) in [5, 5.41) is 9.37. The number of halogens is 1. The van der Waals surface area contributed by atoms with Crippen LogP contribution in [0.25, 0.3) is 0 Å². The molecule has 0 N–H and O–H groups in total. The minimum atomic E-state index is 0.637. The Kier molecular flexibility index (Phi) is 6.78. The first kappa shape index (κ1) is 14.7. The van der Waals surface area contributed by atoms with Crippen molar-refractivity contribution in [2.75, 3.05) is 0 Å². The number of aryl methyl sites for hydroxylation is 1. The third-order valence-corrected chi connectivity index (χ3v) is 3.33. The van der Waals surface area contributed by atoms with Gasteiger partial charge in [-0.25, -0.2) is 0 Å². The van der Waals surface area contributed by atoms with Crippen LogP contribution < -0.4 is 0 Å². The van der Waals surface area contributed by atoms with Gasteiger partial charge in [-0.15, -0.1) is 10.2 Å². The molecule has 4 heteroatoms. The van der Waals surface area contributed by atoms with Gasteiger partial charge in [0.1, 0.15) is 11.6 Å². The van der Waals surface area contributed by atoms with E-state index in [0.29, 0.717) is 5.92 Å².